The first-order valence-electron chi connectivity index (χ1n) is 8.44. The molecule has 0 fully saturated rings. The first-order valence-corrected chi connectivity index (χ1v) is 8.81. The summed E-state index contributed by atoms with van der Waals surface area (Å²) in [5.74, 6) is -2.23. The molecule has 1 aliphatic rings. The van der Waals surface area contributed by atoms with Crippen molar-refractivity contribution in [1.82, 2.24) is 0 Å². The maximum absolute atomic E-state index is 13.8. The molecule has 3 rings (SSSR count). The van der Waals surface area contributed by atoms with E-state index < -0.39 is 28.9 Å². The molecule has 0 aliphatic carbocycles. The summed E-state index contributed by atoms with van der Waals surface area (Å²) in [4.78, 5) is 27.1. The predicted octanol–water partition coefficient (Wildman–Crippen LogP) is 4.99. The smallest absolute Gasteiger partial charge is 0.294 e. The van der Waals surface area contributed by atoms with E-state index in [4.69, 9.17) is 11.6 Å². The van der Waals surface area contributed by atoms with E-state index in [2.05, 4.69) is 0 Å². The van der Waals surface area contributed by atoms with Crippen molar-refractivity contribution in [3.8, 4) is 0 Å². The van der Waals surface area contributed by atoms with E-state index >= 15 is 0 Å². The molecule has 0 spiro atoms. The van der Waals surface area contributed by atoms with Crippen LogP contribution in [0.1, 0.15) is 32.4 Å². The van der Waals surface area contributed by atoms with E-state index in [-0.39, 0.29) is 17.0 Å². The van der Waals surface area contributed by atoms with E-state index in [1.807, 2.05) is 0 Å². The van der Waals surface area contributed by atoms with E-state index in [9.17, 15) is 19.1 Å². The standard InChI is InChI=1S/C21H19ClFNO3/c1-21(2,3)19(26)16-17(12-7-9-13(22)10-8-12)24(20(27)18(16)25)15-6-4-5-14(23)11-15/h4-11,17,25H,1-3H3. The van der Waals surface area contributed by atoms with Crippen LogP contribution in [0.25, 0.3) is 0 Å². The number of anilines is 1. The summed E-state index contributed by atoms with van der Waals surface area (Å²) in [6.45, 7) is 5.14. The molecule has 1 aliphatic heterocycles. The third-order valence-corrected chi connectivity index (χ3v) is 4.66. The lowest BCUT2D eigenvalue weighted by Gasteiger charge is -2.29. The molecule has 27 heavy (non-hydrogen) atoms. The zero-order valence-electron chi connectivity index (χ0n) is 15.2. The number of Topliss-reactive ketones (excluding diaryl/α,β-unsaturated/α-hetero) is 1. The van der Waals surface area contributed by atoms with Crippen LogP contribution >= 0.6 is 11.6 Å². The third-order valence-electron chi connectivity index (χ3n) is 4.41. The highest BCUT2D eigenvalue weighted by Gasteiger charge is 2.46. The average Bonchev–Trinajstić information content (AvgIpc) is 2.85. The summed E-state index contributed by atoms with van der Waals surface area (Å²) in [5.41, 5.74) is 0.0302. The van der Waals surface area contributed by atoms with Crippen molar-refractivity contribution in [2.45, 2.75) is 26.8 Å². The predicted molar refractivity (Wildman–Crippen MR) is 102 cm³/mol. The van der Waals surface area contributed by atoms with E-state index in [0.29, 0.717) is 10.6 Å². The van der Waals surface area contributed by atoms with Gasteiger partial charge in [-0.3, -0.25) is 14.5 Å². The molecule has 0 saturated carbocycles. The molecule has 1 amide bonds. The van der Waals surface area contributed by atoms with Crippen LogP contribution < -0.4 is 4.90 Å². The van der Waals surface area contributed by atoms with Gasteiger partial charge >= 0.3 is 0 Å². The molecule has 0 radical (unpaired) electrons. The minimum absolute atomic E-state index is 0.000848. The maximum Gasteiger partial charge on any atom is 0.294 e. The largest absolute Gasteiger partial charge is 0.503 e. The highest BCUT2D eigenvalue weighted by Crippen LogP contribution is 2.43. The third kappa shape index (κ3) is 3.47. The van der Waals surface area contributed by atoms with Crippen molar-refractivity contribution < 1.29 is 19.1 Å². The summed E-state index contributed by atoms with van der Waals surface area (Å²) in [5, 5.41) is 11.0. The van der Waals surface area contributed by atoms with Gasteiger partial charge in [-0.05, 0) is 35.9 Å². The molecule has 2 aromatic carbocycles. The number of rotatable bonds is 3. The lowest BCUT2D eigenvalue weighted by atomic mass is 9.82. The Labute approximate surface area is 161 Å². The fourth-order valence-corrected chi connectivity index (χ4v) is 3.22. The minimum atomic E-state index is -0.872. The second-order valence-electron chi connectivity index (χ2n) is 7.45. The fraction of sp³-hybridized carbons (Fsp3) is 0.238. The molecule has 1 N–H and O–H groups in total. The van der Waals surface area contributed by atoms with Crippen LogP contribution in [0.3, 0.4) is 0 Å². The van der Waals surface area contributed by atoms with Crippen molar-refractivity contribution >= 4 is 29.0 Å². The molecular weight excluding hydrogens is 369 g/mol. The molecule has 1 unspecified atom stereocenters. The van der Waals surface area contributed by atoms with Crippen molar-refractivity contribution in [1.29, 1.82) is 0 Å². The molecule has 140 valence electrons. The number of amides is 1. The molecule has 0 bridgehead atoms. The number of aliphatic hydroxyl groups is 1. The number of benzene rings is 2. The first-order chi connectivity index (χ1) is 12.6. The number of hydrogen-bond donors (Lipinski definition) is 1. The molecule has 6 heteroatoms. The Kier molecular flexibility index (Phi) is 4.82. The Morgan fingerprint density at radius 2 is 1.78 bits per heavy atom. The van der Waals surface area contributed by atoms with Gasteiger partial charge in [0.25, 0.3) is 5.91 Å². The zero-order chi connectivity index (χ0) is 19.9. The summed E-state index contributed by atoms with van der Waals surface area (Å²) < 4.78 is 13.8. The van der Waals surface area contributed by atoms with Crippen molar-refractivity contribution in [3.63, 3.8) is 0 Å². The van der Waals surface area contributed by atoms with E-state index in [1.54, 1.807) is 51.1 Å². The second kappa shape index (κ2) is 6.82. The quantitative estimate of drug-likeness (QED) is 0.806. The van der Waals surface area contributed by atoms with Gasteiger partial charge in [0, 0.05) is 16.1 Å². The Morgan fingerprint density at radius 1 is 1.15 bits per heavy atom. The van der Waals surface area contributed by atoms with Gasteiger partial charge in [0.1, 0.15) is 5.82 Å². The second-order valence-corrected chi connectivity index (χ2v) is 7.89. The Balaban J connectivity index is 2.21. The number of hydrogen-bond acceptors (Lipinski definition) is 3. The topological polar surface area (TPSA) is 57.6 Å². The summed E-state index contributed by atoms with van der Waals surface area (Å²) in [6.07, 6.45) is 0. The average molecular weight is 388 g/mol. The number of carbonyl (C=O) groups excluding carboxylic acids is 2. The molecule has 0 saturated heterocycles. The lowest BCUT2D eigenvalue weighted by Crippen LogP contribution is -2.32. The molecule has 1 heterocycles. The highest BCUT2D eigenvalue weighted by molar-refractivity contribution is 6.30. The van der Waals surface area contributed by atoms with Crippen molar-refractivity contribution in [3.05, 3.63) is 76.3 Å². The molecule has 1 atom stereocenters. The summed E-state index contributed by atoms with van der Waals surface area (Å²) in [7, 11) is 0. The first kappa shape index (κ1) is 19.1. The van der Waals surface area contributed by atoms with Gasteiger partial charge in [0.2, 0.25) is 0 Å². The zero-order valence-corrected chi connectivity index (χ0v) is 15.9. The van der Waals surface area contributed by atoms with Gasteiger partial charge < -0.3 is 5.11 Å². The van der Waals surface area contributed by atoms with Gasteiger partial charge in [-0.15, -0.1) is 0 Å². The summed E-state index contributed by atoms with van der Waals surface area (Å²) in [6, 6.07) is 11.2. The molecular formula is C21H19ClFNO3. The van der Waals surface area contributed by atoms with Crippen LogP contribution in [-0.2, 0) is 9.59 Å². The van der Waals surface area contributed by atoms with Gasteiger partial charge in [-0.1, -0.05) is 50.6 Å². The van der Waals surface area contributed by atoms with Crippen LogP contribution in [0.2, 0.25) is 5.02 Å². The Hall–Kier alpha value is -2.66. The SMILES string of the molecule is CC(C)(C)C(=O)C1=C(O)C(=O)N(c2cccc(F)c2)C1c1ccc(Cl)cc1. The normalized spacial score (nSPS) is 17.6. The monoisotopic (exact) mass is 387 g/mol. The number of ketones is 1. The van der Waals surface area contributed by atoms with E-state index in [0.717, 1.165) is 0 Å². The molecule has 2 aromatic rings. The minimum Gasteiger partial charge on any atom is -0.503 e. The van der Waals surface area contributed by atoms with Crippen LogP contribution in [0.5, 0.6) is 0 Å². The maximum atomic E-state index is 13.8. The molecule has 0 aromatic heterocycles. The molecule has 4 nitrogen and oxygen atoms in total. The van der Waals surface area contributed by atoms with Gasteiger partial charge in [0.15, 0.2) is 11.5 Å². The van der Waals surface area contributed by atoms with Gasteiger partial charge in [0.05, 0.1) is 11.6 Å². The Morgan fingerprint density at radius 3 is 2.33 bits per heavy atom. The summed E-state index contributed by atoms with van der Waals surface area (Å²) >= 11 is 5.96. The number of carbonyl (C=O) groups is 2. The number of halogens is 2. The van der Waals surface area contributed by atoms with Crippen molar-refractivity contribution in [2.75, 3.05) is 4.90 Å². The lowest BCUT2D eigenvalue weighted by molar-refractivity contribution is -0.123. The fourth-order valence-electron chi connectivity index (χ4n) is 3.09. The van der Waals surface area contributed by atoms with E-state index in [1.165, 1.54) is 23.1 Å². The highest BCUT2D eigenvalue weighted by atomic mass is 35.5. The number of aliphatic hydroxyl groups excluding tert-OH is 1. The van der Waals surface area contributed by atoms with Gasteiger partial charge in [-0.2, -0.15) is 0 Å². The van der Waals surface area contributed by atoms with Gasteiger partial charge in [-0.25, -0.2) is 4.39 Å². The van der Waals surface area contributed by atoms with Crippen LogP contribution in [0, 0.1) is 11.2 Å². The Bertz CT molecular complexity index is 945. The van der Waals surface area contributed by atoms with Crippen LogP contribution in [-0.4, -0.2) is 16.8 Å². The number of nitrogens with zero attached hydrogens (tertiary/aromatic N) is 1. The van der Waals surface area contributed by atoms with Crippen LogP contribution in [0.4, 0.5) is 10.1 Å². The van der Waals surface area contributed by atoms with Crippen LogP contribution in [0.15, 0.2) is 59.9 Å². The van der Waals surface area contributed by atoms with Crippen molar-refractivity contribution in [2.24, 2.45) is 5.41 Å².